The van der Waals surface area contributed by atoms with E-state index in [2.05, 4.69) is 15.4 Å². The van der Waals surface area contributed by atoms with Gasteiger partial charge in [0.25, 0.3) is 11.9 Å². The molecule has 24 heavy (non-hydrogen) atoms. The lowest BCUT2D eigenvalue weighted by Gasteiger charge is -2.02. The van der Waals surface area contributed by atoms with E-state index in [1.807, 2.05) is 29.6 Å². The van der Waals surface area contributed by atoms with Gasteiger partial charge in [0.05, 0.1) is 19.1 Å². The lowest BCUT2D eigenvalue weighted by Crippen LogP contribution is -2.12. The second-order valence-electron chi connectivity index (χ2n) is 4.91. The van der Waals surface area contributed by atoms with Crippen LogP contribution in [0.25, 0.3) is 16.2 Å². The molecule has 0 bridgehead atoms. The van der Waals surface area contributed by atoms with E-state index < -0.39 is 0 Å². The number of carbonyl (C=O) groups is 1. The zero-order valence-corrected chi connectivity index (χ0v) is 13.4. The maximum atomic E-state index is 12.0. The highest BCUT2D eigenvalue weighted by Gasteiger charge is 2.15. The van der Waals surface area contributed by atoms with Gasteiger partial charge in [-0.05, 0) is 24.3 Å². The highest BCUT2D eigenvalue weighted by molar-refractivity contribution is 7.15. The van der Waals surface area contributed by atoms with Gasteiger partial charge in [0.1, 0.15) is 5.75 Å². The fourth-order valence-corrected chi connectivity index (χ4v) is 3.12. The third kappa shape index (κ3) is 2.52. The van der Waals surface area contributed by atoms with Gasteiger partial charge >= 0.3 is 0 Å². The number of ether oxygens (including phenoxy) is 1. The lowest BCUT2D eigenvalue weighted by atomic mass is 10.2. The summed E-state index contributed by atoms with van der Waals surface area (Å²) in [5.41, 5.74) is 1.83. The van der Waals surface area contributed by atoms with Crippen LogP contribution in [0.2, 0.25) is 0 Å². The van der Waals surface area contributed by atoms with E-state index in [4.69, 9.17) is 9.15 Å². The number of thiazole rings is 1. The minimum absolute atomic E-state index is 0.209. The molecule has 0 aliphatic carbocycles. The first-order valence-corrected chi connectivity index (χ1v) is 7.96. The number of anilines is 1. The number of nitrogens with one attached hydrogen (secondary N) is 1. The normalized spacial score (nSPS) is 10.9. The van der Waals surface area contributed by atoms with Gasteiger partial charge in [0, 0.05) is 10.9 Å². The molecule has 3 aromatic heterocycles. The zero-order chi connectivity index (χ0) is 16.5. The van der Waals surface area contributed by atoms with Crippen LogP contribution in [0.15, 0.2) is 52.5 Å². The Morgan fingerprint density at radius 2 is 2.25 bits per heavy atom. The molecule has 0 aliphatic rings. The molecule has 0 radical (unpaired) electrons. The zero-order valence-electron chi connectivity index (χ0n) is 12.6. The molecule has 0 spiro atoms. The summed E-state index contributed by atoms with van der Waals surface area (Å²) < 4.78 is 12.0. The highest BCUT2D eigenvalue weighted by Crippen LogP contribution is 2.28. The summed E-state index contributed by atoms with van der Waals surface area (Å²) in [6.07, 6.45) is 1.44. The molecule has 0 aliphatic heterocycles. The standard InChI is InChI=1S/C16H12N4O3S/c1-22-11-5-2-4-10(8-11)12-9-24-16-18-15(19-20(12)16)17-14(21)13-6-3-7-23-13/h2-9H,1H3,(H,17,19,21). The second kappa shape index (κ2) is 5.82. The first kappa shape index (κ1) is 14.5. The molecule has 120 valence electrons. The Kier molecular flexibility index (Phi) is 3.51. The van der Waals surface area contributed by atoms with Crippen molar-refractivity contribution in [3.8, 4) is 17.0 Å². The smallest absolute Gasteiger partial charge is 0.293 e. The van der Waals surface area contributed by atoms with Crippen LogP contribution in [0.5, 0.6) is 5.75 Å². The van der Waals surface area contributed by atoms with Crippen LogP contribution in [0, 0.1) is 0 Å². The number of furan rings is 1. The average molecular weight is 340 g/mol. The van der Waals surface area contributed by atoms with E-state index >= 15 is 0 Å². The first-order valence-electron chi connectivity index (χ1n) is 7.08. The molecule has 3 heterocycles. The van der Waals surface area contributed by atoms with Crippen molar-refractivity contribution in [1.29, 1.82) is 0 Å². The summed E-state index contributed by atoms with van der Waals surface area (Å²) in [5, 5.41) is 8.94. The fraction of sp³-hybridized carbons (Fsp3) is 0.0625. The molecular formula is C16H12N4O3S. The largest absolute Gasteiger partial charge is 0.497 e. The predicted molar refractivity (Wildman–Crippen MR) is 89.5 cm³/mol. The summed E-state index contributed by atoms with van der Waals surface area (Å²) >= 11 is 1.44. The Labute approximate surface area is 140 Å². The Hall–Kier alpha value is -3.13. The third-order valence-corrected chi connectivity index (χ3v) is 4.23. The Morgan fingerprint density at radius 1 is 1.33 bits per heavy atom. The number of fused-ring (bicyclic) bond motifs is 1. The van der Waals surface area contributed by atoms with Crippen molar-refractivity contribution in [3.63, 3.8) is 0 Å². The molecule has 0 atom stereocenters. The molecule has 8 heteroatoms. The summed E-state index contributed by atoms with van der Waals surface area (Å²) in [5.74, 6) is 0.813. The molecule has 1 amide bonds. The molecule has 1 aromatic carbocycles. The first-order chi connectivity index (χ1) is 11.7. The van der Waals surface area contributed by atoms with Crippen molar-refractivity contribution in [3.05, 3.63) is 53.8 Å². The number of hydrogen-bond donors (Lipinski definition) is 1. The summed E-state index contributed by atoms with van der Waals surface area (Å²) in [6.45, 7) is 0. The predicted octanol–water partition coefficient (Wildman–Crippen LogP) is 3.31. The minimum atomic E-state index is -0.388. The lowest BCUT2D eigenvalue weighted by molar-refractivity contribution is 0.0996. The number of nitrogens with zero attached hydrogens (tertiary/aromatic N) is 3. The van der Waals surface area contributed by atoms with Crippen molar-refractivity contribution in [2.75, 3.05) is 12.4 Å². The molecule has 0 saturated heterocycles. The van der Waals surface area contributed by atoms with E-state index in [9.17, 15) is 4.79 Å². The van der Waals surface area contributed by atoms with Gasteiger partial charge in [-0.15, -0.1) is 16.4 Å². The van der Waals surface area contributed by atoms with Gasteiger partial charge < -0.3 is 9.15 Å². The Bertz CT molecular complexity index is 1000. The number of rotatable bonds is 4. The van der Waals surface area contributed by atoms with E-state index in [0.29, 0.717) is 4.96 Å². The molecule has 0 saturated carbocycles. The van der Waals surface area contributed by atoms with E-state index in [-0.39, 0.29) is 17.6 Å². The topological polar surface area (TPSA) is 81.7 Å². The number of hydrogen-bond acceptors (Lipinski definition) is 6. The van der Waals surface area contributed by atoms with Gasteiger partial charge in [0.2, 0.25) is 4.96 Å². The maximum absolute atomic E-state index is 12.0. The summed E-state index contributed by atoms with van der Waals surface area (Å²) in [4.78, 5) is 17.0. The van der Waals surface area contributed by atoms with Crippen molar-refractivity contribution in [2.24, 2.45) is 0 Å². The number of carbonyl (C=O) groups excluding carboxylic acids is 1. The van der Waals surface area contributed by atoms with Crippen LogP contribution in [-0.2, 0) is 0 Å². The molecule has 0 unspecified atom stereocenters. The minimum Gasteiger partial charge on any atom is -0.497 e. The number of amides is 1. The molecule has 1 N–H and O–H groups in total. The monoisotopic (exact) mass is 340 g/mol. The Balaban J connectivity index is 1.67. The van der Waals surface area contributed by atoms with Gasteiger partial charge in [-0.2, -0.15) is 4.98 Å². The van der Waals surface area contributed by atoms with Crippen LogP contribution < -0.4 is 10.1 Å². The van der Waals surface area contributed by atoms with Crippen molar-refractivity contribution >= 4 is 28.2 Å². The Morgan fingerprint density at radius 3 is 3.04 bits per heavy atom. The molecule has 4 rings (SSSR count). The third-order valence-electron chi connectivity index (χ3n) is 3.42. The van der Waals surface area contributed by atoms with Crippen molar-refractivity contribution in [2.45, 2.75) is 0 Å². The van der Waals surface area contributed by atoms with Gasteiger partial charge in [-0.1, -0.05) is 12.1 Å². The molecule has 4 aromatic rings. The fourth-order valence-electron chi connectivity index (χ4n) is 2.29. The number of aromatic nitrogens is 3. The van der Waals surface area contributed by atoms with Gasteiger partial charge in [0.15, 0.2) is 5.76 Å². The van der Waals surface area contributed by atoms with Crippen LogP contribution in [0.3, 0.4) is 0 Å². The van der Waals surface area contributed by atoms with Crippen molar-refractivity contribution in [1.82, 2.24) is 14.6 Å². The summed E-state index contributed by atoms with van der Waals surface area (Å²) in [6, 6.07) is 10.9. The average Bonchev–Trinajstić information content (AvgIpc) is 3.31. The quantitative estimate of drug-likeness (QED) is 0.616. The van der Waals surface area contributed by atoms with Crippen LogP contribution in [0.4, 0.5) is 5.95 Å². The second-order valence-corrected chi connectivity index (χ2v) is 5.75. The summed E-state index contributed by atoms with van der Waals surface area (Å²) in [7, 11) is 1.63. The molecular weight excluding hydrogens is 328 g/mol. The molecule has 7 nitrogen and oxygen atoms in total. The van der Waals surface area contributed by atoms with Gasteiger partial charge in [-0.3, -0.25) is 10.1 Å². The molecule has 0 fully saturated rings. The van der Waals surface area contributed by atoms with Crippen LogP contribution in [-0.4, -0.2) is 27.6 Å². The van der Waals surface area contributed by atoms with E-state index in [0.717, 1.165) is 17.0 Å². The van der Waals surface area contributed by atoms with Gasteiger partial charge in [-0.25, -0.2) is 4.52 Å². The number of benzene rings is 1. The van der Waals surface area contributed by atoms with Crippen LogP contribution >= 0.6 is 11.3 Å². The van der Waals surface area contributed by atoms with E-state index in [1.54, 1.807) is 23.8 Å². The number of methoxy groups -OCH3 is 1. The van der Waals surface area contributed by atoms with Crippen molar-refractivity contribution < 1.29 is 13.9 Å². The highest BCUT2D eigenvalue weighted by atomic mass is 32.1. The SMILES string of the molecule is COc1cccc(-c2csc3nc(NC(=O)c4ccco4)nn23)c1. The maximum Gasteiger partial charge on any atom is 0.293 e. The van der Waals surface area contributed by atoms with E-state index in [1.165, 1.54) is 17.6 Å². The van der Waals surface area contributed by atoms with Crippen LogP contribution in [0.1, 0.15) is 10.6 Å².